The molecule has 0 radical (unpaired) electrons. The molecular weight excluding hydrogens is 258 g/mol. The lowest BCUT2D eigenvalue weighted by atomic mass is 10.1. The number of nitrogens with two attached hydrogens (primary N) is 1. The molecule has 0 saturated carbocycles. The minimum atomic E-state index is -1.32. The fraction of sp³-hybridized carbons (Fsp3) is 0.600. The Morgan fingerprint density at radius 1 is 1.42 bits per heavy atom. The molecule has 0 amide bonds. The van der Waals surface area contributed by atoms with Crippen LogP contribution in [0.1, 0.15) is 6.23 Å². The average molecular weight is 273 g/mol. The fourth-order valence-electron chi connectivity index (χ4n) is 1.97. The van der Waals surface area contributed by atoms with Gasteiger partial charge in [-0.2, -0.15) is 0 Å². The highest BCUT2D eigenvalue weighted by atomic mass is 16.6. The lowest BCUT2D eigenvalue weighted by Gasteiger charge is -2.17. The Balaban J connectivity index is 2.36. The molecule has 1 fully saturated rings. The van der Waals surface area contributed by atoms with Crippen molar-refractivity contribution in [1.82, 2.24) is 9.13 Å². The molecular formula is C10H15N3O6. The van der Waals surface area contributed by atoms with E-state index in [9.17, 15) is 19.8 Å². The molecule has 4 N–H and O–H groups in total. The summed E-state index contributed by atoms with van der Waals surface area (Å²) in [7, 11) is 1.30. The second-order valence-corrected chi connectivity index (χ2v) is 4.28. The summed E-state index contributed by atoms with van der Waals surface area (Å²) in [4.78, 5) is 27.5. The molecule has 1 aromatic rings. The SMILES string of the molecule is Cn1c(=O)ccn([C@@H]2O[C@H](CON)C(O)C2O)c1=O. The van der Waals surface area contributed by atoms with E-state index in [1.807, 2.05) is 0 Å². The van der Waals surface area contributed by atoms with E-state index in [4.69, 9.17) is 10.6 Å². The minimum absolute atomic E-state index is 0.130. The highest BCUT2D eigenvalue weighted by Crippen LogP contribution is 2.28. The van der Waals surface area contributed by atoms with Crippen LogP contribution < -0.4 is 17.1 Å². The van der Waals surface area contributed by atoms with E-state index in [0.717, 1.165) is 15.2 Å². The average Bonchev–Trinajstić information content (AvgIpc) is 2.65. The van der Waals surface area contributed by atoms with Crippen molar-refractivity contribution < 1.29 is 19.8 Å². The fourth-order valence-corrected chi connectivity index (χ4v) is 1.97. The Morgan fingerprint density at radius 3 is 2.74 bits per heavy atom. The summed E-state index contributed by atoms with van der Waals surface area (Å²) in [5.41, 5.74) is -1.13. The van der Waals surface area contributed by atoms with Crippen LogP contribution in [0.3, 0.4) is 0 Å². The molecule has 9 nitrogen and oxygen atoms in total. The van der Waals surface area contributed by atoms with Crippen LogP contribution in [-0.2, 0) is 16.6 Å². The lowest BCUT2D eigenvalue weighted by molar-refractivity contribution is -0.0693. The van der Waals surface area contributed by atoms with Crippen LogP contribution in [-0.4, -0.2) is 44.3 Å². The molecule has 0 spiro atoms. The second-order valence-electron chi connectivity index (χ2n) is 4.28. The molecule has 1 aliphatic heterocycles. The number of ether oxygens (including phenoxy) is 1. The Labute approximate surface area is 107 Å². The first-order chi connectivity index (χ1) is 8.97. The monoisotopic (exact) mass is 273 g/mol. The van der Waals surface area contributed by atoms with E-state index in [0.29, 0.717) is 0 Å². The summed E-state index contributed by atoms with van der Waals surface area (Å²) in [6.07, 6.45) is -3.31. The minimum Gasteiger partial charge on any atom is -0.387 e. The summed E-state index contributed by atoms with van der Waals surface area (Å²) in [5.74, 6) is 4.89. The number of hydrogen-bond donors (Lipinski definition) is 3. The van der Waals surface area contributed by atoms with E-state index in [1.165, 1.54) is 13.2 Å². The maximum absolute atomic E-state index is 11.9. The van der Waals surface area contributed by atoms with Crippen LogP contribution in [0.5, 0.6) is 0 Å². The normalized spacial score (nSPS) is 30.7. The summed E-state index contributed by atoms with van der Waals surface area (Å²) in [5, 5.41) is 19.6. The molecule has 0 bridgehead atoms. The van der Waals surface area contributed by atoms with Gasteiger partial charge in [0.15, 0.2) is 6.23 Å². The highest BCUT2D eigenvalue weighted by Gasteiger charge is 2.44. The van der Waals surface area contributed by atoms with Gasteiger partial charge in [-0.15, -0.1) is 0 Å². The van der Waals surface area contributed by atoms with E-state index < -0.39 is 35.8 Å². The lowest BCUT2D eigenvalue weighted by Crippen LogP contribution is -2.41. The van der Waals surface area contributed by atoms with Gasteiger partial charge < -0.3 is 19.8 Å². The first-order valence-electron chi connectivity index (χ1n) is 5.59. The van der Waals surface area contributed by atoms with Gasteiger partial charge >= 0.3 is 5.69 Å². The van der Waals surface area contributed by atoms with Crippen LogP contribution in [0.15, 0.2) is 21.9 Å². The van der Waals surface area contributed by atoms with Gasteiger partial charge in [-0.25, -0.2) is 10.7 Å². The molecule has 1 aromatic heterocycles. The number of nitrogens with zero attached hydrogens (tertiary/aromatic N) is 2. The van der Waals surface area contributed by atoms with Crippen LogP contribution in [0, 0.1) is 0 Å². The zero-order valence-corrected chi connectivity index (χ0v) is 10.2. The van der Waals surface area contributed by atoms with E-state index in [-0.39, 0.29) is 6.61 Å². The van der Waals surface area contributed by atoms with Crippen molar-refractivity contribution in [1.29, 1.82) is 0 Å². The zero-order chi connectivity index (χ0) is 14.2. The van der Waals surface area contributed by atoms with E-state index in [1.54, 1.807) is 0 Å². The first-order valence-corrected chi connectivity index (χ1v) is 5.59. The van der Waals surface area contributed by atoms with E-state index >= 15 is 0 Å². The summed E-state index contributed by atoms with van der Waals surface area (Å²) in [6, 6.07) is 1.16. The molecule has 2 unspecified atom stereocenters. The highest BCUT2D eigenvalue weighted by molar-refractivity contribution is 4.94. The third kappa shape index (κ3) is 2.33. The third-order valence-electron chi connectivity index (χ3n) is 3.09. The molecule has 106 valence electrons. The predicted molar refractivity (Wildman–Crippen MR) is 62.0 cm³/mol. The van der Waals surface area contributed by atoms with Crippen molar-refractivity contribution in [3.63, 3.8) is 0 Å². The molecule has 9 heteroatoms. The Hall–Kier alpha value is -1.52. The standard InChI is InChI=1S/C10H15N3O6/c1-12-6(14)2-3-13(10(12)17)9-8(16)7(15)5(19-9)4-18-11/h2-3,5,7-9,15-16H,4,11H2,1H3/t5-,7?,8?,9-/m1/s1. The van der Waals surface area contributed by atoms with Crippen molar-refractivity contribution in [2.75, 3.05) is 6.61 Å². The van der Waals surface area contributed by atoms with Gasteiger partial charge in [0.1, 0.15) is 18.3 Å². The van der Waals surface area contributed by atoms with Gasteiger partial charge in [0.25, 0.3) is 5.56 Å². The van der Waals surface area contributed by atoms with Gasteiger partial charge in [0, 0.05) is 19.3 Å². The van der Waals surface area contributed by atoms with Crippen molar-refractivity contribution in [3.8, 4) is 0 Å². The smallest absolute Gasteiger partial charge is 0.332 e. The third-order valence-corrected chi connectivity index (χ3v) is 3.09. The summed E-state index contributed by atoms with van der Waals surface area (Å²) in [6.45, 7) is -0.130. The molecule has 4 atom stereocenters. The van der Waals surface area contributed by atoms with Crippen molar-refractivity contribution >= 4 is 0 Å². The van der Waals surface area contributed by atoms with Crippen LogP contribution in [0.25, 0.3) is 0 Å². The quantitative estimate of drug-likeness (QED) is 0.502. The molecule has 1 aliphatic rings. The van der Waals surface area contributed by atoms with Crippen LogP contribution in [0.2, 0.25) is 0 Å². The van der Waals surface area contributed by atoms with Gasteiger partial charge in [-0.1, -0.05) is 0 Å². The van der Waals surface area contributed by atoms with Crippen LogP contribution in [0.4, 0.5) is 0 Å². The molecule has 1 saturated heterocycles. The summed E-state index contributed by atoms with van der Waals surface area (Å²) < 4.78 is 7.23. The number of aromatic nitrogens is 2. The predicted octanol–water partition coefficient (Wildman–Crippen LogP) is -2.94. The van der Waals surface area contributed by atoms with Crippen molar-refractivity contribution in [3.05, 3.63) is 33.1 Å². The molecule has 0 aromatic carbocycles. The van der Waals surface area contributed by atoms with Gasteiger partial charge in [0.05, 0.1) is 6.61 Å². The van der Waals surface area contributed by atoms with Crippen LogP contribution >= 0.6 is 0 Å². The van der Waals surface area contributed by atoms with Crippen molar-refractivity contribution in [2.45, 2.75) is 24.5 Å². The van der Waals surface area contributed by atoms with Gasteiger partial charge in [-0.3, -0.25) is 13.9 Å². The summed E-state index contributed by atoms with van der Waals surface area (Å²) >= 11 is 0. The molecule has 19 heavy (non-hydrogen) atoms. The number of rotatable bonds is 3. The first kappa shape index (κ1) is 13.9. The Morgan fingerprint density at radius 2 is 2.11 bits per heavy atom. The Bertz CT molecular complexity index is 567. The molecule has 2 rings (SSSR count). The van der Waals surface area contributed by atoms with E-state index in [2.05, 4.69) is 4.84 Å². The molecule has 2 heterocycles. The number of aliphatic hydroxyl groups excluding tert-OH is 2. The maximum atomic E-state index is 11.9. The molecule has 0 aliphatic carbocycles. The zero-order valence-electron chi connectivity index (χ0n) is 10.2. The maximum Gasteiger partial charge on any atom is 0.332 e. The van der Waals surface area contributed by atoms with Crippen molar-refractivity contribution in [2.24, 2.45) is 12.9 Å². The van der Waals surface area contributed by atoms with Gasteiger partial charge in [0.2, 0.25) is 0 Å². The second kappa shape index (κ2) is 5.23. The van der Waals surface area contributed by atoms with Gasteiger partial charge in [-0.05, 0) is 0 Å². The largest absolute Gasteiger partial charge is 0.387 e. The number of aliphatic hydroxyl groups is 2. The Kier molecular flexibility index (Phi) is 3.83. The number of hydrogen-bond acceptors (Lipinski definition) is 7. The topological polar surface area (TPSA) is 129 Å².